The van der Waals surface area contributed by atoms with Crippen molar-refractivity contribution in [3.63, 3.8) is 0 Å². The number of nitrogens with zero attached hydrogens (tertiary/aromatic N) is 6. The number of pyridine rings is 1. The molecule has 34 heavy (non-hydrogen) atoms. The average Bonchev–Trinajstić information content (AvgIpc) is 3.27. The molecule has 184 valence electrons. The summed E-state index contributed by atoms with van der Waals surface area (Å²) in [5.74, 6) is 0.808. The third-order valence-electron chi connectivity index (χ3n) is 6.50. The van der Waals surface area contributed by atoms with Crippen LogP contribution in [-0.2, 0) is 23.4 Å². The summed E-state index contributed by atoms with van der Waals surface area (Å²) in [5, 5.41) is 13.6. The molecule has 3 heterocycles. The molecule has 0 saturated carbocycles. The fourth-order valence-corrected chi connectivity index (χ4v) is 4.56. The third-order valence-corrected chi connectivity index (χ3v) is 6.50. The Balaban J connectivity index is 1.57. The number of H-pyrrole nitrogens is 1. The lowest BCUT2D eigenvalue weighted by molar-refractivity contribution is 0.0358. The van der Waals surface area contributed by atoms with Gasteiger partial charge in [-0.25, -0.2) is 4.68 Å². The number of benzene rings is 1. The molecule has 9 nitrogen and oxygen atoms in total. The van der Waals surface area contributed by atoms with Crippen molar-refractivity contribution in [3.8, 4) is 0 Å². The van der Waals surface area contributed by atoms with Crippen molar-refractivity contribution in [1.29, 1.82) is 0 Å². The van der Waals surface area contributed by atoms with Crippen molar-refractivity contribution in [2.45, 2.75) is 59.7 Å². The molecule has 0 spiro atoms. The van der Waals surface area contributed by atoms with Crippen molar-refractivity contribution in [2.24, 2.45) is 0 Å². The molecule has 0 radical (unpaired) electrons. The standard InChI is InChI=1S/C25H37N7O2/c1-18-7-8-19(2)23-21(18)15-20(24(33)26-23)16-31(10-6-9-30-11-13-34-14-12-30)17-22-27-28-29-32(22)25(3,4)5/h7-8,15H,6,9-14,16-17H2,1-5H3,(H,26,33). The lowest BCUT2D eigenvalue weighted by Gasteiger charge is -2.28. The number of hydrogen-bond acceptors (Lipinski definition) is 7. The second-order valence-electron chi connectivity index (χ2n) is 10.3. The fourth-order valence-electron chi connectivity index (χ4n) is 4.56. The Morgan fingerprint density at radius 2 is 1.85 bits per heavy atom. The molecular formula is C25H37N7O2. The number of rotatable bonds is 8. The number of aryl methyl sites for hydroxylation is 2. The van der Waals surface area contributed by atoms with Gasteiger partial charge in [-0.2, -0.15) is 0 Å². The molecule has 1 N–H and O–H groups in total. The second-order valence-corrected chi connectivity index (χ2v) is 10.3. The monoisotopic (exact) mass is 467 g/mol. The normalized spacial score (nSPS) is 15.5. The SMILES string of the molecule is Cc1ccc(C)c2[nH]c(=O)c(CN(CCCN3CCOCC3)Cc3nnnn3C(C)(C)C)cc12. The minimum atomic E-state index is -0.215. The number of ether oxygens (including phenoxy) is 1. The second kappa shape index (κ2) is 10.3. The van der Waals surface area contributed by atoms with E-state index >= 15 is 0 Å². The predicted molar refractivity (Wildman–Crippen MR) is 133 cm³/mol. The molecule has 1 aliphatic rings. The highest BCUT2D eigenvalue weighted by Crippen LogP contribution is 2.21. The summed E-state index contributed by atoms with van der Waals surface area (Å²) in [6, 6.07) is 6.22. The molecule has 2 aromatic heterocycles. The van der Waals surface area contributed by atoms with Gasteiger partial charge in [-0.1, -0.05) is 12.1 Å². The zero-order valence-corrected chi connectivity index (χ0v) is 21.1. The summed E-state index contributed by atoms with van der Waals surface area (Å²) in [4.78, 5) is 20.9. The molecule has 1 saturated heterocycles. The molecule has 0 unspecified atom stereocenters. The van der Waals surface area contributed by atoms with Crippen molar-refractivity contribution in [3.05, 3.63) is 51.1 Å². The number of hydrogen-bond donors (Lipinski definition) is 1. The van der Waals surface area contributed by atoms with Crippen LogP contribution < -0.4 is 5.56 Å². The maximum absolute atomic E-state index is 13.0. The maximum atomic E-state index is 13.0. The van der Waals surface area contributed by atoms with E-state index in [9.17, 15) is 4.79 Å². The van der Waals surface area contributed by atoms with Crippen molar-refractivity contribution < 1.29 is 4.74 Å². The molecular weight excluding hydrogens is 430 g/mol. The Labute approximate surface area is 201 Å². The zero-order chi connectivity index (χ0) is 24.3. The molecule has 0 aliphatic carbocycles. The van der Waals surface area contributed by atoms with E-state index in [-0.39, 0.29) is 11.1 Å². The van der Waals surface area contributed by atoms with Gasteiger partial charge in [0.2, 0.25) is 0 Å². The van der Waals surface area contributed by atoms with Gasteiger partial charge in [-0.05, 0) is 75.2 Å². The van der Waals surface area contributed by atoms with E-state index in [1.54, 1.807) is 0 Å². The van der Waals surface area contributed by atoms with Gasteiger partial charge in [0.15, 0.2) is 5.82 Å². The lowest BCUT2D eigenvalue weighted by Crippen LogP contribution is -2.38. The zero-order valence-electron chi connectivity index (χ0n) is 21.1. The molecule has 9 heteroatoms. The smallest absolute Gasteiger partial charge is 0.252 e. The van der Waals surface area contributed by atoms with E-state index < -0.39 is 0 Å². The van der Waals surface area contributed by atoms with E-state index in [1.165, 1.54) is 0 Å². The minimum Gasteiger partial charge on any atom is -0.379 e. The van der Waals surface area contributed by atoms with E-state index in [2.05, 4.69) is 76.2 Å². The highest BCUT2D eigenvalue weighted by Gasteiger charge is 2.22. The molecule has 0 atom stereocenters. The number of morpholine rings is 1. The number of nitrogens with one attached hydrogen (secondary N) is 1. The van der Waals surface area contributed by atoms with E-state index in [0.717, 1.165) is 79.2 Å². The van der Waals surface area contributed by atoms with Gasteiger partial charge in [0.25, 0.3) is 5.56 Å². The van der Waals surface area contributed by atoms with Gasteiger partial charge in [0, 0.05) is 37.1 Å². The Hall–Kier alpha value is -2.62. The first-order valence-corrected chi connectivity index (χ1v) is 12.1. The molecule has 0 amide bonds. The van der Waals surface area contributed by atoms with Gasteiger partial charge in [0.1, 0.15) is 0 Å². The van der Waals surface area contributed by atoms with Gasteiger partial charge in [-0.3, -0.25) is 14.6 Å². The van der Waals surface area contributed by atoms with Crippen LogP contribution in [0.15, 0.2) is 23.0 Å². The number of aromatic amines is 1. The maximum Gasteiger partial charge on any atom is 0.252 e. The van der Waals surface area contributed by atoms with Crippen LogP contribution in [0.1, 0.15) is 49.7 Å². The van der Waals surface area contributed by atoms with E-state index in [1.807, 2.05) is 11.6 Å². The van der Waals surface area contributed by atoms with Crippen molar-refractivity contribution in [1.82, 2.24) is 35.0 Å². The van der Waals surface area contributed by atoms with Crippen molar-refractivity contribution in [2.75, 3.05) is 39.4 Å². The summed E-state index contributed by atoms with van der Waals surface area (Å²) in [6.07, 6.45) is 1.00. The van der Waals surface area contributed by atoms with Crippen LogP contribution in [0.4, 0.5) is 0 Å². The van der Waals surface area contributed by atoms with Crippen LogP contribution in [-0.4, -0.2) is 74.4 Å². The molecule has 0 bridgehead atoms. The predicted octanol–water partition coefficient (Wildman–Crippen LogP) is 2.61. The van der Waals surface area contributed by atoms with Crippen LogP contribution >= 0.6 is 0 Å². The first kappa shape index (κ1) is 24.5. The number of fused-ring (bicyclic) bond motifs is 1. The van der Waals surface area contributed by atoms with Crippen LogP contribution in [0.5, 0.6) is 0 Å². The summed E-state index contributed by atoms with van der Waals surface area (Å²) in [6.45, 7) is 16.9. The number of tetrazole rings is 1. The van der Waals surface area contributed by atoms with Crippen LogP contribution in [0.2, 0.25) is 0 Å². The quantitative estimate of drug-likeness (QED) is 0.544. The van der Waals surface area contributed by atoms with E-state index in [0.29, 0.717) is 13.1 Å². The van der Waals surface area contributed by atoms with Crippen LogP contribution in [0.3, 0.4) is 0 Å². The van der Waals surface area contributed by atoms with Gasteiger partial charge < -0.3 is 9.72 Å². The highest BCUT2D eigenvalue weighted by atomic mass is 16.5. The topological polar surface area (TPSA) is 92.2 Å². The van der Waals surface area contributed by atoms with Crippen LogP contribution in [0, 0.1) is 13.8 Å². The largest absolute Gasteiger partial charge is 0.379 e. The summed E-state index contributed by atoms with van der Waals surface area (Å²) in [5.41, 5.74) is 3.68. The van der Waals surface area contributed by atoms with Gasteiger partial charge in [0.05, 0.1) is 30.8 Å². The summed E-state index contributed by atoms with van der Waals surface area (Å²) in [7, 11) is 0. The Morgan fingerprint density at radius 3 is 2.59 bits per heavy atom. The summed E-state index contributed by atoms with van der Waals surface area (Å²) < 4.78 is 7.35. The first-order valence-electron chi connectivity index (χ1n) is 12.1. The fraction of sp³-hybridized carbons (Fsp3) is 0.600. The third kappa shape index (κ3) is 5.71. The number of aromatic nitrogens is 5. The molecule has 1 aliphatic heterocycles. The Bertz CT molecular complexity index is 1170. The molecule has 4 rings (SSSR count). The molecule has 3 aromatic rings. The Morgan fingerprint density at radius 1 is 1.12 bits per heavy atom. The van der Waals surface area contributed by atoms with Crippen LogP contribution in [0.25, 0.3) is 10.9 Å². The first-order chi connectivity index (χ1) is 16.2. The van der Waals surface area contributed by atoms with Gasteiger partial charge in [-0.15, -0.1) is 5.10 Å². The minimum absolute atomic E-state index is 0.0326. The summed E-state index contributed by atoms with van der Waals surface area (Å²) >= 11 is 0. The molecule has 1 fully saturated rings. The average molecular weight is 468 g/mol. The van der Waals surface area contributed by atoms with Gasteiger partial charge >= 0.3 is 0 Å². The Kier molecular flexibility index (Phi) is 7.45. The highest BCUT2D eigenvalue weighted by molar-refractivity contribution is 5.85. The van der Waals surface area contributed by atoms with E-state index in [4.69, 9.17) is 4.74 Å². The van der Waals surface area contributed by atoms with Crippen molar-refractivity contribution >= 4 is 10.9 Å². The molecule has 1 aromatic carbocycles. The lowest BCUT2D eigenvalue weighted by atomic mass is 10.0.